The van der Waals surface area contributed by atoms with Gasteiger partial charge in [0.15, 0.2) is 6.61 Å². The standard InChI is InChI=1S/C17H24N2O4/c1-3-19(4-2)15(20)13-23-17(22)16(21)18-12-8-11-14-9-6-5-7-10-14/h5-7,9-10H,3-4,8,11-13H2,1-2H3,(H,18,21). The fourth-order valence-corrected chi connectivity index (χ4v) is 2.07. The summed E-state index contributed by atoms with van der Waals surface area (Å²) in [5.74, 6) is -2.14. The molecule has 0 radical (unpaired) electrons. The zero-order valence-electron chi connectivity index (χ0n) is 13.7. The fourth-order valence-electron chi connectivity index (χ4n) is 2.07. The van der Waals surface area contributed by atoms with Crippen LogP contribution in [0.4, 0.5) is 0 Å². The van der Waals surface area contributed by atoms with Crippen LogP contribution in [-0.4, -0.2) is 48.9 Å². The molecule has 1 aromatic rings. The zero-order valence-corrected chi connectivity index (χ0v) is 13.7. The lowest BCUT2D eigenvalue weighted by Gasteiger charge is -2.18. The van der Waals surface area contributed by atoms with E-state index in [-0.39, 0.29) is 5.91 Å². The average molecular weight is 320 g/mol. The number of esters is 1. The summed E-state index contributed by atoms with van der Waals surface area (Å²) in [6.07, 6.45) is 1.54. The number of rotatable bonds is 8. The highest BCUT2D eigenvalue weighted by Gasteiger charge is 2.18. The van der Waals surface area contributed by atoms with Crippen LogP contribution < -0.4 is 5.32 Å². The van der Waals surface area contributed by atoms with Crippen LogP contribution in [-0.2, 0) is 25.5 Å². The second-order valence-corrected chi connectivity index (χ2v) is 4.99. The monoisotopic (exact) mass is 320 g/mol. The first-order valence-corrected chi connectivity index (χ1v) is 7.85. The minimum Gasteiger partial charge on any atom is -0.448 e. The number of benzene rings is 1. The number of hydrogen-bond acceptors (Lipinski definition) is 4. The lowest BCUT2D eigenvalue weighted by Crippen LogP contribution is -2.38. The van der Waals surface area contributed by atoms with Crippen LogP contribution in [0.5, 0.6) is 0 Å². The van der Waals surface area contributed by atoms with Crippen molar-refractivity contribution in [1.82, 2.24) is 10.2 Å². The van der Waals surface area contributed by atoms with Gasteiger partial charge in [0.2, 0.25) is 0 Å². The Morgan fingerprint density at radius 1 is 1.09 bits per heavy atom. The maximum atomic E-state index is 11.7. The van der Waals surface area contributed by atoms with E-state index < -0.39 is 18.5 Å². The highest BCUT2D eigenvalue weighted by Crippen LogP contribution is 2.01. The van der Waals surface area contributed by atoms with Crippen LogP contribution in [0.3, 0.4) is 0 Å². The Hall–Kier alpha value is -2.37. The molecule has 0 aromatic heterocycles. The predicted octanol–water partition coefficient (Wildman–Crippen LogP) is 1.15. The van der Waals surface area contributed by atoms with Gasteiger partial charge in [-0.2, -0.15) is 0 Å². The molecule has 0 fully saturated rings. The van der Waals surface area contributed by atoms with Gasteiger partial charge in [-0.25, -0.2) is 4.79 Å². The molecule has 6 nitrogen and oxygen atoms in total. The molecule has 126 valence electrons. The van der Waals surface area contributed by atoms with E-state index in [0.717, 1.165) is 12.8 Å². The normalized spacial score (nSPS) is 10.0. The van der Waals surface area contributed by atoms with E-state index in [9.17, 15) is 14.4 Å². The van der Waals surface area contributed by atoms with Crippen molar-refractivity contribution >= 4 is 17.8 Å². The van der Waals surface area contributed by atoms with Gasteiger partial charge in [0, 0.05) is 19.6 Å². The fraction of sp³-hybridized carbons (Fsp3) is 0.471. The third-order valence-corrected chi connectivity index (χ3v) is 3.40. The minimum absolute atomic E-state index is 0.305. The van der Waals surface area contributed by atoms with Crippen molar-refractivity contribution in [3.63, 3.8) is 0 Å². The van der Waals surface area contributed by atoms with Gasteiger partial charge in [0.05, 0.1) is 0 Å². The lowest BCUT2D eigenvalue weighted by molar-refractivity contribution is -0.158. The SMILES string of the molecule is CCN(CC)C(=O)COC(=O)C(=O)NCCCc1ccccc1. The van der Waals surface area contributed by atoms with Crippen molar-refractivity contribution in [2.75, 3.05) is 26.2 Å². The van der Waals surface area contributed by atoms with Crippen LogP contribution >= 0.6 is 0 Å². The number of amides is 2. The molecule has 0 heterocycles. The molecule has 6 heteroatoms. The van der Waals surface area contributed by atoms with Crippen molar-refractivity contribution in [2.24, 2.45) is 0 Å². The lowest BCUT2D eigenvalue weighted by atomic mass is 10.1. The maximum absolute atomic E-state index is 11.7. The Labute approximate surface area is 136 Å². The molecule has 0 bridgehead atoms. The molecule has 2 amide bonds. The van der Waals surface area contributed by atoms with E-state index in [4.69, 9.17) is 4.74 Å². The molecule has 0 spiro atoms. The van der Waals surface area contributed by atoms with Gasteiger partial charge in [-0.15, -0.1) is 0 Å². The van der Waals surface area contributed by atoms with Gasteiger partial charge in [0.1, 0.15) is 0 Å². The van der Waals surface area contributed by atoms with E-state index in [1.54, 1.807) is 0 Å². The van der Waals surface area contributed by atoms with Gasteiger partial charge < -0.3 is 15.0 Å². The molecule has 0 aliphatic carbocycles. The average Bonchev–Trinajstić information content (AvgIpc) is 2.58. The van der Waals surface area contributed by atoms with Gasteiger partial charge in [-0.3, -0.25) is 9.59 Å². The van der Waals surface area contributed by atoms with Crippen molar-refractivity contribution in [3.8, 4) is 0 Å². The third-order valence-electron chi connectivity index (χ3n) is 3.40. The topological polar surface area (TPSA) is 75.7 Å². The zero-order chi connectivity index (χ0) is 17.1. The molecule has 0 aliphatic rings. The van der Waals surface area contributed by atoms with E-state index in [0.29, 0.717) is 19.6 Å². The molecule has 0 saturated carbocycles. The Bertz CT molecular complexity index is 513. The second kappa shape index (κ2) is 10.4. The van der Waals surface area contributed by atoms with E-state index in [1.807, 2.05) is 44.2 Å². The van der Waals surface area contributed by atoms with E-state index in [1.165, 1.54) is 10.5 Å². The highest BCUT2D eigenvalue weighted by atomic mass is 16.5. The van der Waals surface area contributed by atoms with Crippen LogP contribution in [0, 0.1) is 0 Å². The quantitative estimate of drug-likeness (QED) is 0.443. The number of carbonyl (C=O) groups excluding carboxylic acids is 3. The molecular weight excluding hydrogens is 296 g/mol. The minimum atomic E-state index is -1.02. The van der Waals surface area contributed by atoms with Crippen molar-refractivity contribution in [2.45, 2.75) is 26.7 Å². The van der Waals surface area contributed by atoms with Crippen LogP contribution in [0.15, 0.2) is 30.3 Å². The van der Waals surface area contributed by atoms with Crippen molar-refractivity contribution < 1.29 is 19.1 Å². The smallest absolute Gasteiger partial charge is 0.397 e. The molecule has 0 saturated heterocycles. The molecule has 23 heavy (non-hydrogen) atoms. The molecule has 1 rings (SSSR count). The summed E-state index contributed by atoms with van der Waals surface area (Å²) in [6, 6.07) is 9.88. The third kappa shape index (κ3) is 6.95. The van der Waals surface area contributed by atoms with E-state index >= 15 is 0 Å². The molecule has 0 aliphatic heterocycles. The van der Waals surface area contributed by atoms with Crippen LogP contribution in [0.1, 0.15) is 25.8 Å². The molecule has 0 unspecified atom stereocenters. The highest BCUT2D eigenvalue weighted by molar-refractivity contribution is 6.32. The van der Waals surface area contributed by atoms with Crippen LogP contribution in [0.2, 0.25) is 0 Å². The number of likely N-dealkylation sites (N-methyl/N-ethyl adjacent to an activating group) is 1. The first-order chi connectivity index (χ1) is 11.1. The molecule has 1 N–H and O–H groups in total. The Morgan fingerprint density at radius 3 is 2.35 bits per heavy atom. The number of nitrogens with one attached hydrogen (secondary N) is 1. The summed E-state index contributed by atoms with van der Waals surface area (Å²) >= 11 is 0. The first kappa shape index (κ1) is 18.7. The molecule has 0 atom stereocenters. The summed E-state index contributed by atoms with van der Waals surface area (Å²) in [4.78, 5) is 36.3. The predicted molar refractivity (Wildman–Crippen MR) is 86.7 cm³/mol. The van der Waals surface area contributed by atoms with Gasteiger partial charge in [-0.1, -0.05) is 30.3 Å². The number of aryl methyl sites for hydroxylation is 1. The summed E-state index contributed by atoms with van der Waals surface area (Å²) in [7, 11) is 0. The van der Waals surface area contributed by atoms with E-state index in [2.05, 4.69) is 5.32 Å². The Balaban J connectivity index is 2.21. The van der Waals surface area contributed by atoms with Gasteiger partial charge in [-0.05, 0) is 32.3 Å². The number of hydrogen-bond donors (Lipinski definition) is 1. The summed E-state index contributed by atoms with van der Waals surface area (Å²) < 4.78 is 4.72. The van der Waals surface area contributed by atoms with Crippen molar-refractivity contribution in [3.05, 3.63) is 35.9 Å². The Morgan fingerprint density at radius 2 is 1.74 bits per heavy atom. The summed E-state index contributed by atoms with van der Waals surface area (Å²) in [5.41, 5.74) is 1.18. The van der Waals surface area contributed by atoms with Gasteiger partial charge >= 0.3 is 11.9 Å². The summed E-state index contributed by atoms with van der Waals surface area (Å²) in [6.45, 7) is 4.73. The maximum Gasteiger partial charge on any atom is 0.397 e. The molecular formula is C17H24N2O4. The Kier molecular flexibility index (Phi) is 8.42. The molecule has 1 aromatic carbocycles. The number of nitrogens with zero attached hydrogens (tertiary/aromatic N) is 1. The van der Waals surface area contributed by atoms with Crippen molar-refractivity contribution in [1.29, 1.82) is 0 Å². The largest absolute Gasteiger partial charge is 0.448 e. The number of ether oxygens (including phenoxy) is 1. The first-order valence-electron chi connectivity index (χ1n) is 7.85. The second-order valence-electron chi connectivity index (χ2n) is 4.99. The van der Waals surface area contributed by atoms with Gasteiger partial charge in [0.25, 0.3) is 5.91 Å². The number of carbonyl (C=O) groups is 3. The summed E-state index contributed by atoms with van der Waals surface area (Å²) in [5, 5.41) is 2.50. The van der Waals surface area contributed by atoms with Crippen LogP contribution in [0.25, 0.3) is 0 Å².